The number of benzene rings is 2. The lowest BCUT2D eigenvalue weighted by Gasteiger charge is -2.26. The molecule has 2 aliphatic heterocycles. The fourth-order valence-corrected chi connectivity index (χ4v) is 4.34. The Kier molecular flexibility index (Phi) is 8.62. The lowest BCUT2D eigenvalue weighted by molar-refractivity contribution is 0.0256. The van der Waals surface area contributed by atoms with Crippen molar-refractivity contribution in [1.82, 2.24) is 14.9 Å². The van der Waals surface area contributed by atoms with E-state index in [0.717, 1.165) is 93.8 Å². The third-order valence-electron chi connectivity index (χ3n) is 6.38. The summed E-state index contributed by atoms with van der Waals surface area (Å²) < 4.78 is 22.8. The zero-order valence-corrected chi connectivity index (χ0v) is 20.6. The molecule has 0 bridgehead atoms. The van der Waals surface area contributed by atoms with Crippen LogP contribution in [0.3, 0.4) is 0 Å². The molecule has 1 aromatic heterocycles. The van der Waals surface area contributed by atoms with Gasteiger partial charge in [0.05, 0.1) is 38.7 Å². The summed E-state index contributed by atoms with van der Waals surface area (Å²) in [4.78, 5) is 11.5. The molecule has 0 saturated carbocycles. The van der Waals surface area contributed by atoms with Gasteiger partial charge in [-0.1, -0.05) is 0 Å². The van der Waals surface area contributed by atoms with Crippen molar-refractivity contribution in [3.8, 4) is 22.8 Å². The third-order valence-corrected chi connectivity index (χ3v) is 6.38. The van der Waals surface area contributed by atoms with E-state index in [-0.39, 0.29) is 6.10 Å². The Hall–Kier alpha value is -3.20. The highest BCUT2D eigenvalue weighted by Crippen LogP contribution is 2.25. The number of hydrogen-bond donors (Lipinski definition) is 1. The molecule has 1 N–H and O–H groups in total. The second-order valence-corrected chi connectivity index (χ2v) is 9.02. The van der Waals surface area contributed by atoms with Gasteiger partial charge >= 0.3 is 0 Å². The van der Waals surface area contributed by atoms with E-state index in [2.05, 4.69) is 20.2 Å². The van der Waals surface area contributed by atoms with E-state index in [4.69, 9.17) is 18.9 Å². The van der Waals surface area contributed by atoms with Crippen molar-refractivity contribution < 1.29 is 18.9 Å². The van der Waals surface area contributed by atoms with Crippen LogP contribution in [0.25, 0.3) is 11.3 Å². The molecule has 2 saturated heterocycles. The summed E-state index contributed by atoms with van der Waals surface area (Å²) in [5.74, 6) is 2.29. The van der Waals surface area contributed by atoms with Gasteiger partial charge in [-0.25, -0.2) is 9.97 Å². The van der Waals surface area contributed by atoms with Gasteiger partial charge in [-0.3, -0.25) is 4.90 Å². The van der Waals surface area contributed by atoms with Crippen LogP contribution in [0, 0.1) is 0 Å². The number of nitrogens with zero attached hydrogens (tertiary/aromatic N) is 3. The molecule has 0 aliphatic carbocycles. The minimum atomic E-state index is 0.228. The summed E-state index contributed by atoms with van der Waals surface area (Å²) in [6.07, 6.45) is 4.87. The first-order valence-electron chi connectivity index (χ1n) is 12.8. The zero-order valence-electron chi connectivity index (χ0n) is 20.6. The lowest BCUT2D eigenvalue weighted by atomic mass is 10.1. The van der Waals surface area contributed by atoms with Crippen LogP contribution in [0.15, 0.2) is 60.8 Å². The first-order chi connectivity index (χ1) is 17.8. The summed E-state index contributed by atoms with van der Waals surface area (Å²) in [7, 11) is 0. The summed E-state index contributed by atoms with van der Waals surface area (Å²) in [5, 5.41) is 3.28. The molecule has 0 unspecified atom stereocenters. The van der Waals surface area contributed by atoms with Crippen LogP contribution in [0.2, 0.25) is 0 Å². The second-order valence-electron chi connectivity index (χ2n) is 9.02. The molecule has 8 nitrogen and oxygen atoms in total. The highest BCUT2D eigenvalue weighted by Gasteiger charge is 2.15. The third kappa shape index (κ3) is 7.16. The number of ether oxygens (including phenoxy) is 4. The van der Waals surface area contributed by atoms with Crippen LogP contribution in [0.4, 0.5) is 11.6 Å². The molecule has 0 spiro atoms. The van der Waals surface area contributed by atoms with Gasteiger partial charge in [0.2, 0.25) is 5.95 Å². The molecule has 2 fully saturated rings. The maximum Gasteiger partial charge on any atom is 0.227 e. The predicted molar refractivity (Wildman–Crippen MR) is 139 cm³/mol. The summed E-state index contributed by atoms with van der Waals surface area (Å²) in [6, 6.07) is 17.9. The Morgan fingerprint density at radius 2 is 1.58 bits per heavy atom. The number of hydrogen-bond acceptors (Lipinski definition) is 8. The number of morpholine rings is 1. The van der Waals surface area contributed by atoms with E-state index in [9.17, 15) is 0 Å². The van der Waals surface area contributed by atoms with E-state index in [1.807, 2.05) is 54.6 Å². The molecule has 3 aromatic rings. The molecule has 5 rings (SSSR count). The van der Waals surface area contributed by atoms with Gasteiger partial charge in [0.15, 0.2) is 0 Å². The largest absolute Gasteiger partial charge is 0.494 e. The first kappa shape index (κ1) is 24.5. The highest BCUT2D eigenvalue weighted by molar-refractivity contribution is 5.63. The summed E-state index contributed by atoms with van der Waals surface area (Å²) in [6.45, 7) is 6.98. The standard InChI is InChI=1S/C28H34N4O4/c1(14-32-15-20-34-21-16-32)17-35-24-8-4-23(5-9-24)30-28-29-13-10-27(31-28)22-2-6-25(7-3-22)36-26-11-18-33-19-12-26/h2-10,13,26H,1,11-12,14-21H2,(H,29,30,31). The van der Waals surface area contributed by atoms with E-state index in [0.29, 0.717) is 12.6 Å². The minimum Gasteiger partial charge on any atom is -0.494 e. The van der Waals surface area contributed by atoms with Gasteiger partial charge in [-0.2, -0.15) is 0 Å². The van der Waals surface area contributed by atoms with Crippen molar-refractivity contribution in [3.05, 3.63) is 60.8 Å². The van der Waals surface area contributed by atoms with Crippen LogP contribution in [-0.2, 0) is 9.47 Å². The predicted octanol–water partition coefficient (Wildman–Crippen LogP) is 4.55. The summed E-state index contributed by atoms with van der Waals surface area (Å²) in [5.41, 5.74) is 2.78. The average Bonchev–Trinajstić information content (AvgIpc) is 2.94. The minimum absolute atomic E-state index is 0.228. The molecule has 8 heteroatoms. The quantitative estimate of drug-likeness (QED) is 0.415. The fourth-order valence-electron chi connectivity index (χ4n) is 4.34. The van der Waals surface area contributed by atoms with E-state index < -0.39 is 0 Å². The smallest absolute Gasteiger partial charge is 0.227 e. The molecule has 0 atom stereocenters. The van der Waals surface area contributed by atoms with Crippen LogP contribution < -0.4 is 14.8 Å². The maximum atomic E-state index is 6.08. The van der Waals surface area contributed by atoms with E-state index >= 15 is 0 Å². The van der Waals surface area contributed by atoms with Crippen molar-refractivity contribution in [2.24, 2.45) is 0 Å². The Morgan fingerprint density at radius 1 is 0.861 bits per heavy atom. The first-order valence-corrected chi connectivity index (χ1v) is 12.8. The van der Waals surface area contributed by atoms with Gasteiger partial charge < -0.3 is 24.3 Å². The van der Waals surface area contributed by atoms with Gasteiger partial charge in [0.1, 0.15) is 17.6 Å². The lowest BCUT2D eigenvalue weighted by Crippen LogP contribution is -2.37. The molecule has 190 valence electrons. The van der Waals surface area contributed by atoms with Crippen LogP contribution in [-0.4, -0.2) is 73.6 Å². The van der Waals surface area contributed by atoms with Crippen LogP contribution in [0.5, 0.6) is 11.5 Å². The molecular formula is C28H34N4O4. The Bertz CT molecular complexity index is 1070. The molecule has 3 heterocycles. The van der Waals surface area contributed by atoms with E-state index in [1.165, 1.54) is 0 Å². The highest BCUT2D eigenvalue weighted by atomic mass is 16.5. The van der Waals surface area contributed by atoms with Crippen molar-refractivity contribution in [2.45, 2.75) is 25.4 Å². The second kappa shape index (κ2) is 12.7. The van der Waals surface area contributed by atoms with Crippen LogP contribution >= 0.6 is 0 Å². The van der Waals surface area contributed by atoms with Gasteiger partial charge in [-0.15, -0.1) is 0 Å². The number of nitrogens with one attached hydrogen (secondary N) is 1. The number of aromatic nitrogens is 2. The van der Waals surface area contributed by atoms with Crippen LogP contribution in [0.1, 0.15) is 19.3 Å². The molecule has 0 radical (unpaired) electrons. The fraction of sp³-hybridized carbons (Fsp3) is 0.429. The molecule has 2 aromatic carbocycles. The van der Waals surface area contributed by atoms with Crippen molar-refractivity contribution >= 4 is 11.6 Å². The average molecular weight is 491 g/mol. The maximum absolute atomic E-state index is 6.08. The summed E-state index contributed by atoms with van der Waals surface area (Å²) >= 11 is 0. The van der Waals surface area contributed by atoms with Gasteiger partial charge in [-0.05, 0) is 61.0 Å². The monoisotopic (exact) mass is 490 g/mol. The normalized spacial score (nSPS) is 17.0. The van der Waals surface area contributed by atoms with E-state index in [1.54, 1.807) is 6.20 Å². The molecule has 0 amide bonds. The Morgan fingerprint density at radius 3 is 2.36 bits per heavy atom. The van der Waals surface area contributed by atoms with Crippen molar-refractivity contribution in [2.75, 3.05) is 58.0 Å². The molecule has 36 heavy (non-hydrogen) atoms. The number of rotatable bonds is 10. The molecular weight excluding hydrogens is 456 g/mol. The van der Waals surface area contributed by atoms with Gasteiger partial charge in [0, 0.05) is 49.9 Å². The Labute approximate surface area is 212 Å². The SMILES string of the molecule is c1cc(-c2ccc(OC3CCOCC3)cc2)nc(Nc2ccc(OCCCN3CCOCC3)cc2)n1. The molecule has 2 aliphatic rings. The van der Waals surface area contributed by atoms with Crippen molar-refractivity contribution in [1.29, 1.82) is 0 Å². The van der Waals surface area contributed by atoms with Gasteiger partial charge in [0.25, 0.3) is 0 Å². The number of anilines is 2. The Balaban J connectivity index is 1.11. The topological polar surface area (TPSA) is 78.0 Å². The zero-order chi connectivity index (χ0) is 24.4. The van der Waals surface area contributed by atoms with Crippen molar-refractivity contribution in [3.63, 3.8) is 0 Å².